The van der Waals surface area contributed by atoms with Crippen LogP contribution in [0.25, 0.3) is 95.4 Å². The summed E-state index contributed by atoms with van der Waals surface area (Å²) in [6, 6.07) is 73.3. The summed E-state index contributed by atoms with van der Waals surface area (Å²) in [5.74, 6) is 1.84. The van der Waals surface area contributed by atoms with Crippen molar-refractivity contribution >= 4 is 16.4 Å². The molecule has 5 heteroatoms. The van der Waals surface area contributed by atoms with Crippen molar-refractivity contribution in [2.75, 3.05) is 0 Å². The molecule has 1 spiro atoms. The molecule has 8 aromatic carbocycles. The highest BCUT2D eigenvalue weighted by Gasteiger charge is 2.51. The van der Waals surface area contributed by atoms with E-state index in [1.165, 1.54) is 44.5 Å². The summed E-state index contributed by atoms with van der Waals surface area (Å²) in [5, 5.41) is 2.31. The molecule has 0 N–H and O–H groups in total. The summed E-state index contributed by atoms with van der Waals surface area (Å²) < 4.78 is 2.22. The van der Waals surface area contributed by atoms with Crippen molar-refractivity contribution in [3.8, 4) is 78.9 Å². The van der Waals surface area contributed by atoms with Crippen LogP contribution >= 0.6 is 0 Å². The normalized spacial score (nSPS) is 13.0. The molecule has 0 radical (unpaired) electrons. The fourth-order valence-corrected chi connectivity index (χ4v) is 10.2. The van der Waals surface area contributed by atoms with E-state index in [0.29, 0.717) is 17.5 Å². The monoisotopic (exact) mass is 789 g/mol. The number of benzene rings is 8. The number of hydrogen-bond donors (Lipinski definition) is 0. The van der Waals surface area contributed by atoms with Gasteiger partial charge in [0.05, 0.1) is 16.8 Å². The van der Waals surface area contributed by atoms with Gasteiger partial charge in [-0.05, 0) is 73.5 Å². The van der Waals surface area contributed by atoms with Crippen LogP contribution in [0.2, 0.25) is 0 Å². The van der Waals surface area contributed by atoms with Gasteiger partial charge in [-0.25, -0.2) is 19.9 Å². The van der Waals surface area contributed by atoms with Crippen LogP contribution in [-0.2, 0) is 5.41 Å². The Labute approximate surface area is 358 Å². The maximum atomic E-state index is 5.33. The van der Waals surface area contributed by atoms with Crippen LogP contribution < -0.4 is 0 Å². The van der Waals surface area contributed by atoms with E-state index >= 15 is 0 Å². The molecule has 0 atom stereocenters. The predicted octanol–water partition coefficient (Wildman–Crippen LogP) is 13.4. The summed E-state index contributed by atoms with van der Waals surface area (Å²) in [4.78, 5) is 21.0. The van der Waals surface area contributed by atoms with Crippen LogP contribution in [0.15, 0.2) is 212 Å². The van der Waals surface area contributed by atoms with E-state index in [2.05, 4.69) is 199 Å². The van der Waals surface area contributed by atoms with Gasteiger partial charge in [-0.3, -0.25) is 4.40 Å². The lowest BCUT2D eigenvalue weighted by molar-refractivity contribution is 0.794. The maximum Gasteiger partial charge on any atom is 0.164 e. The number of fused-ring (bicyclic) bond motifs is 12. The van der Waals surface area contributed by atoms with Gasteiger partial charge in [0, 0.05) is 34.0 Å². The van der Waals surface area contributed by atoms with Crippen LogP contribution in [0.5, 0.6) is 0 Å². The molecule has 2 aliphatic carbocycles. The lowest BCUT2D eigenvalue weighted by Gasteiger charge is -2.30. The van der Waals surface area contributed by atoms with Crippen molar-refractivity contribution in [2.24, 2.45) is 0 Å². The van der Waals surface area contributed by atoms with Crippen LogP contribution in [0, 0.1) is 0 Å². The number of pyridine rings is 1. The standard InChI is InChI=1S/C57H35N5/c1-3-16-36(17-4-1)53-52(58-51-34-38-20-7-8-21-42(38)35-62(51)53)39-22-15-23-40(32-39)55-59-54(37-18-5-2-6-19-37)60-56(61-55)41-30-31-46-45-26-11-14-29-49(45)57(50(46)33-41)47-27-12-9-24-43(47)44-25-10-13-28-48(44)57/h1-35H. The molecular formula is C57H35N5. The van der Waals surface area contributed by atoms with Gasteiger partial charge in [0.25, 0.3) is 0 Å². The van der Waals surface area contributed by atoms with Gasteiger partial charge in [0.2, 0.25) is 0 Å². The van der Waals surface area contributed by atoms with E-state index in [4.69, 9.17) is 19.9 Å². The first-order chi connectivity index (χ1) is 30.7. The number of aromatic nitrogens is 5. The fraction of sp³-hybridized carbons (Fsp3) is 0.0175. The second kappa shape index (κ2) is 13.4. The van der Waals surface area contributed by atoms with E-state index < -0.39 is 5.41 Å². The van der Waals surface area contributed by atoms with Crippen molar-refractivity contribution in [3.63, 3.8) is 0 Å². The Hall–Kier alpha value is -8.28. The van der Waals surface area contributed by atoms with Crippen LogP contribution in [0.3, 0.4) is 0 Å². The first-order valence-corrected chi connectivity index (χ1v) is 21.1. The van der Waals surface area contributed by atoms with Gasteiger partial charge in [-0.15, -0.1) is 0 Å². The van der Waals surface area contributed by atoms with Crippen molar-refractivity contribution in [3.05, 3.63) is 235 Å². The molecule has 0 fully saturated rings. The molecule has 3 aromatic heterocycles. The second-order valence-electron chi connectivity index (χ2n) is 16.2. The lowest BCUT2D eigenvalue weighted by atomic mass is 9.70. The maximum absolute atomic E-state index is 5.33. The predicted molar refractivity (Wildman–Crippen MR) is 250 cm³/mol. The molecule has 5 nitrogen and oxygen atoms in total. The SMILES string of the molecule is c1ccc(-c2nc(-c3cccc(-c4nc5cc6ccccc6cn5c4-c4ccccc4)c3)nc(-c3ccc4c(c3)C3(c5ccccc5-c5ccccc53)c3ccccc3-4)n2)cc1. The zero-order valence-corrected chi connectivity index (χ0v) is 33.4. The van der Waals surface area contributed by atoms with Crippen molar-refractivity contribution in [1.29, 1.82) is 0 Å². The Bertz CT molecular complexity index is 3530. The first-order valence-electron chi connectivity index (χ1n) is 21.1. The van der Waals surface area contributed by atoms with Gasteiger partial charge in [-0.1, -0.05) is 188 Å². The first kappa shape index (κ1) is 34.6. The van der Waals surface area contributed by atoms with E-state index in [1.807, 2.05) is 18.2 Å². The number of rotatable bonds is 5. The smallest absolute Gasteiger partial charge is 0.164 e. The molecule has 2 aliphatic rings. The van der Waals surface area contributed by atoms with Crippen LogP contribution in [0.1, 0.15) is 22.3 Å². The third-order valence-electron chi connectivity index (χ3n) is 12.9. The largest absolute Gasteiger partial charge is 0.298 e. The zero-order chi connectivity index (χ0) is 40.8. The van der Waals surface area contributed by atoms with Crippen molar-refractivity contribution in [2.45, 2.75) is 5.41 Å². The van der Waals surface area contributed by atoms with Crippen molar-refractivity contribution < 1.29 is 0 Å². The molecule has 3 heterocycles. The quantitative estimate of drug-likeness (QED) is 0.174. The van der Waals surface area contributed by atoms with Crippen LogP contribution in [0.4, 0.5) is 0 Å². The summed E-state index contributed by atoms with van der Waals surface area (Å²) in [6.45, 7) is 0. The highest BCUT2D eigenvalue weighted by molar-refractivity contribution is 5.96. The van der Waals surface area contributed by atoms with Crippen LogP contribution in [-0.4, -0.2) is 24.3 Å². The van der Waals surface area contributed by atoms with Gasteiger partial charge in [-0.2, -0.15) is 0 Å². The van der Waals surface area contributed by atoms with Gasteiger partial charge in [0.1, 0.15) is 5.65 Å². The molecule has 62 heavy (non-hydrogen) atoms. The van der Waals surface area contributed by atoms with Crippen molar-refractivity contribution in [1.82, 2.24) is 24.3 Å². The Balaban J connectivity index is 1.01. The Morgan fingerprint density at radius 2 is 0.806 bits per heavy atom. The van der Waals surface area contributed by atoms with E-state index in [-0.39, 0.29) is 0 Å². The van der Waals surface area contributed by atoms with E-state index in [1.54, 1.807) is 0 Å². The molecule has 13 rings (SSSR count). The number of imidazole rings is 1. The Kier molecular flexibility index (Phi) is 7.45. The summed E-state index contributed by atoms with van der Waals surface area (Å²) in [6.07, 6.45) is 2.19. The minimum absolute atomic E-state index is 0.474. The summed E-state index contributed by atoms with van der Waals surface area (Å²) >= 11 is 0. The molecule has 0 saturated heterocycles. The minimum atomic E-state index is -0.474. The summed E-state index contributed by atoms with van der Waals surface area (Å²) in [7, 11) is 0. The molecule has 0 bridgehead atoms. The third kappa shape index (κ3) is 5.02. The molecular weight excluding hydrogens is 755 g/mol. The molecule has 0 amide bonds. The molecule has 11 aromatic rings. The van der Waals surface area contributed by atoms with Gasteiger partial charge < -0.3 is 0 Å². The minimum Gasteiger partial charge on any atom is -0.298 e. The Morgan fingerprint density at radius 3 is 1.45 bits per heavy atom. The molecule has 0 aliphatic heterocycles. The topological polar surface area (TPSA) is 56.0 Å². The average molecular weight is 790 g/mol. The molecule has 0 saturated carbocycles. The highest BCUT2D eigenvalue weighted by atomic mass is 15.0. The van der Waals surface area contributed by atoms with E-state index in [0.717, 1.165) is 55.6 Å². The van der Waals surface area contributed by atoms with E-state index in [9.17, 15) is 0 Å². The Morgan fingerprint density at radius 1 is 0.323 bits per heavy atom. The second-order valence-corrected chi connectivity index (χ2v) is 16.2. The highest BCUT2D eigenvalue weighted by Crippen LogP contribution is 2.63. The summed E-state index contributed by atoms with van der Waals surface area (Å²) in [5.41, 5.74) is 17.4. The number of hydrogen-bond acceptors (Lipinski definition) is 4. The zero-order valence-electron chi connectivity index (χ0n) is 33.4. The molecule has 288 valence electrons. The van der Waals surface area contributed by atoms with Gasteiger partial charge in [0.15, 0.2) is 17.5 Å². The fourth-order valence-electron chi connectivity index (χ4n) is 10.2. The number of nitrogens with zero attached hydrogens (tertiary/aromatic N) is 5. The third-order valence-corrected chi connectivity index (χ3v) is 12.9. The van der Waals surface area contributed by atoms with Gasteiger partial charge >= 0.3 is 0 Å². The molecule has 0 unspecified atom stereocenters. The lowest BCUT2D eigenvalue weighted by Crippen LogP contribution is -2.25. The average Bonchev–Trinajstić information content (AvgIpc) is 3.97.